The van der Waals surface area contributed by atoms with Gasteiger partial charge in [-0.15, -0.1) is 6.58 Å². The lowest BCUT2D eigenvalue weighted by Gasteiger charge is -2.18. The lowest BCUT2D eigenvalue weighted by molar-refractivity contribution is 0.791. The Balaban J connectivity index is 2.11. The van der Waals surface area contributed by atoms with E-state index in [1.165, 1.54) is 17.5 Å². The Labute approximate surface area is 103 Å². The van der Waals surface area contributed by atoms with E-state index in [-0.39, 0.29) is 5.41 Å². The van der Waals surface area contributed by atoms with E-state index in [9.17, 15) is 0 Å². The molecule has 0 amide bonds. The second kappa shape index (κ2) is 3.89. The van der Waals surface area contributed by atoms with Crippen LogP contribution in [0.25, 0.3) is 0 Å². The number of allylic oxidation sites excluding steroid dienone is 1. The van der Waals surface area contributed by atoms with Crippen molar-refractivity contribution in [1.29, 1.82) is 0 Å². The summed E-state index contributed by atoms with van der Waals surface area (Å²) in [5.74, 6) is 0.576. The minimum atomic E-state index is 0.185. The SMILES string of the molecule is C=CC1CC1(c1ccccc1)c1ccccc1. The van der Waals surface area contributed by atoms with Gasteiger partial charge in [-0.1, -0.05) is 66.7 Å². The van der Waals surface area contributed by atoms with Crippen molar-refractivity contribution in [2.75, 3.05) is 0 Å². The topological polar surface area (TPSA) is 0 Å². The molecule has 0 heterocycles. The highest BCUT2D eigenvalue weighted by molar-refractivity contribution is 5.48. The molecule has 1 saturated carbocycles. The molecule has 1 aliphatic carbocycles. The summed E-state index contributed by atoms with van der Waals surface area (Å²) in [6, 6.07) is 21.6. The Morgan fingerprint density at radius 1 is 0.882 bits per heavy atom. The van der Waals surface area contributed by atoms with Crippen molar-refractivity contribution in [3.63, 3.8) is 0 Å². The van der Waals surface area contributed by atoms with E-state index < -0.39 is 0 Å². The molecule has 0 heteroatoms. The molecule has 0 bridgehead atoms. The molecule has 0 spiro atoms. The average Bonchev–Trinajstić information content (AvgIpc) is 3.17. The smallest absolute Gasteiger partial charge is 0.0271 e. The van der Waals surface area contributed by atoms with E-state index in [0.29, 0.717) is 5.92 Å². The van der Waals surface area contributed by atoms with Crippen molar-refractivity contribution in [2.45, 2.75) is 11.8 Å². The monoisotopic (exact) mass is 220 g/mol. The maximum Gasteiger partial charge on any atom is 0.0271 e. The predicted molar refractivity (Wildman–Crippen MR) is 72.0 cm³/mol. The molecule has 0 saturated heterocycles. The zero-order chi connectivity index (χ0) is 11.7. The lowest BCUT2D eigenvalue weighted by Crippen LogP contribution is -2.11. The standard InChI is InChI=1S/C17H16/c1-2-14-13-17(14,15-9-5-3-6-10-15)16-11-7-4-8-12-16/h2-12,14H,1,13H2. The van der Waals surface area contributed by atoms with Gasteiger partial charge in [-0.05, 0) is 23.5 Å². The van der Waals surface area contributed by atoms with Crippen LogP contribution in [-0.2, 0) is 5.41 Å². The molecule has 1 aliphatic rings. The molecular formula is C17H16. The lowest BCUT2D eigenvalue weighted by atomic mass is 9.86. The first-order valence-corrected chi connectivity index (χ1v) is 6.11. The minimum absolute atomic E-state index is 0.185. The third-order valence-corrected chi connectivity index (χ3v) is 3.88. The number of rotatable bonds is 3. The van der Waals surface area contributed by atoms with Gasteiger partial charge in [0, 0.05) is 5.41 Å². The Morgan fingerprint density at radius 2 is 1.35 bits per heavy atom. The molecule has 1 fully saturated rings. The summed E-state index contributed by atoms with van der Waals surface area (Å²) in [6.07, 6.45) is 3.28. The van der Waals surface area contributed by atoms with Crippen LogP contribution < -0.4 is 0 Å². The first-order chi connectivity index (χ1) is 8.38. The summed E-state index contributed by atoms with van der Waals surface area (Å²) in [5, 5.41) is 0. The van der Waals surface area contributed by atoms with Crippen molar-refractivity contribution >= 4 is 0 Å². The summed E-state index contributed by atoms with van der Waals surface area (Å²) < 4.78 is 0. The number of hydrogen-bond acceptors (Lipinski definition) is 0. The predicted octanol–water partition coefficient (Wildman–Crippen LogP) is 4.18. The maximum atomic E-state index is 3.97. The van der Waals surface area contributed by atoms with Crippen molar-refractivity contribution in [2.24, 2.45) is 5.92 Å². The van der Waals surface area contributed by atoms with Crippen molar-refractivity contribution in [1.82, 2.24) is 0 Å². The number of hydrogen-bond donors (Lipinski definition) is 0. The van der Waals surface area contributed by atoms with Gasteiger partial charge in [0.25, 0.3) is 0 Å². The second-order valence-corrected chi connectivity index (χ2v) is 4.75. The summed E-state index contributed by atoms with van der Waals surface area (Å²) in [7, 11) is 0. The Bertz CT molecular complexity index is 471. The van der Waals surface area contributed by atoms with Gasteiger partial charge in [-0.3, -0.25) is 0 Å². The summed E-state index contributed by atoms with van der Waals surface area (Å²) >= 11 is 0. The Kier molecular flexibility index (Phi) is 2.36. The Morgan fingerprint density at radius 3 is 1.71 bits per heavy atom. The van der Waals surface area contributed by atoms with Gasteiger partial charge >= 0.3 is 0 Å². The first-order valence-electron chi connectivity index (χ1n) is 6.11. The fraction of sp³-hybridized carbons (Fsp3) is 0.176. The van der Waals surface area contributed by atoms with Gasteiger partial charge in [0.1, 0.15) is 0 Å². The summed E-state index contributed by atoms with van der Waals surface area (Å²) in [5.41, 5.74) is 3.01. The maximum absolute atomic E-state index is 3.97. The molecule has 0 nitrogen and oxygen atoms in total. The van der Waals surface area contributed by atoms with Gasteiger partial charge in [0.05, 0.1) is 0 Å². The second-order valence-electron chi connectivity index (χ2n) is 4.75. The first kappa shape index (κ1) is 10.3. The molecule has 3 rings (SSSR count). The van der Waals surface area contributed by atoms with Crippen LogP contribution in [0.4, 0.5) is 0 Å². The highest BCUT2D eigenvalue weighted by Gasteiger charge is 2.54. The van der Waals surface area contributed by atoms with E-state index in [1.54, 1.807) is 0 Å². The minimum Gasteiger partial charge on any atom is -0.103 e. The van der Waals surface area contributed by atoms with Gasteiger partial charge in [-0.25, -0.2) is 0 Å². The molecule has 17 heavy (non-hydrogen) atoms. The molecule has 1 atom stereocenters. The van der Waals surface area contributed by atoms with Crippen molar-refractivity contribution in [3.05, 3.63) is 84.4 Å². The normalized spacial score (nSPS) is 20.8. The van der Waals surface area contributed by atoms with Crippen LogP contribution in [0.1, 0.15) is 17.5 Å². The molecule has 0 aromatic heterocycles. The van der Waals surface area contributed by atoms with Crippen molar-refractivity contribution < 1.29 is 0 Å². The van der Waals surface area contributed by atoms with Gasteiger partial charge < -0.3 is 0 Å². The largest absolute Gasteiger partial charge is 0.103 e. The van der Waals surface area contributed by atoms with E-state index in [1.807, 2.05) is 0 Å². The van der Waals surface area contributed by atoms with E-state index in [0.717, 1.165) is 0 Å². The Hall–Kier alpha value is -1.82. The highest BCUT2D eigenvalue weighted by atomic mass is 14.6. The van der Waals surface area contributed by atoms with Gasteiger partial charge in [0.2, 0.25) is 0 Å². The van der Waals surface area contributed by atoms with Crippen LogP contribution in [0.15, 0.2) is 73.3 Å². The molecule has 1 unspecified atom stereocenters. The van der Waals surface area contributed by atoms with Crippen LogP contribution in [0.2, 0.25) is 0 Å². The van der Waals surface area contributed by atoms with Crippen LogP contribution in [0.5, 0.6) is 0 Å². The van der Waals surface area contributed by atoms with E-state index in [2.05, 4.69) is 73.3 Å². The van der Waals surface area contributed by atoms with Gasteiger partial charge in [0.15, 0.2) is 0 Å². The van der Waals surface area contributed by atoms with Crippen LogP contribution >= 0.6 is 0 Å². The van der Waals surface area contributed by atoms with Crippen LogP contribution in [-0.4, -0.2) is 0 Å². The van der Waals surface area contributed by atoms with Gasteiger partial charge in [-0.2, -0.15) is 0 Å². The quantitative estimate of drug-likeness (QED) is 0.681. The molecule has 0 aliphatic heterocycles. The molecule has 84 valence electrons. The fourth-order valence-electron chi connectivity index (χ4n) is 2.87. The number of benzene rings is 2. The zero-order valence-electron chi connectivity index (χ0n) is 9.84. The molecule has 2 aromatic carbocycles. The molecule has 2 aromatic rings. The molecular weight excluding hydrogens is 204 g/mol. The van der Waals surface area contributed by atoms with E-state index >= 15 is 0 Å². The third-order valence-electron chi connectivity index (χ3n) is 3.88. The van der Waals surface area contributed by atoms with E-state index in [4.69, 9.17) is 0 Å². The van der Waals surface area contributed by atoms with Crippen LogP contribution in [0.3, 0.4) is 0 Å². The summed E-state index contributed by atoms with van der Waals surface area (Å²) in [4.78, 5) is 0. The molecule has 0 N–H and O–H groups in total. The van der Waals surface area contributed by atoms with Crippen molar-refractivity contribution in [3.8, 4) is 0 Å². The molecule has 0 radical (unpaired) electrons. The fourth-order valence-corrected chi connectivity index (χ4v) is 2.87. The highest BCUT2D eigenvalue weighted by Crippen LogP contribution is 2.59. The third kappa shape index (κ3) is 1.52. The average molecular weight is 220 g/mol. The van der Waals surface area contributed by atoms with Crippen LogP contribution in [0, 0.1) is 5.92 Å². The zero-order valence-corrected chi connectivity index (χ0v) is 9.84. The summed E-state index contributed by atoms with van der Waals surface area (Å²) in [6.45, 7) is 3.97.